The molecule has 8 heteroatoms. The number of aromatic nitrogens is 1. The number of anilines is 1. The maximum atomic E-state index is 10.9. The lowest BCUT2D eigenvalue weighted by Crippen LogP contribution is -2.42. The molecule has 0 aliphatic carbocycles. The minimum absolute atomic E-state index is 0.0359. The number of oxazole rings is 1. The molecule has 1 aliphatic heterocycles. The zero-order valence-electron chi connectivity index (χ0n) is 10.7. The van der Waals surface area contributed by atoms with Crippen molar-refractivity contribution in [2.24, 2.45) is 0 Å². The molecule has 2 aromatic rings. The first-order valence-electron chi connectivity index (χ1n) is 6.34. The molecule has 0 saturated carbocycles. The maximum Gasteiger partial charge on any atom is 0.298 e. The Balaban J connectivity index is 1.75. The SMILES string of the molecule is O=[N+]([O-])c1cccc2oc(NCC3CNCCO3)nc12. The second-order valence-electron chi connectivity index (χ2n) is 4.48. The predicted molar refractivity (Wildman–Crippen MR) is 71.8 cm³/mol. The van der Waals surface area contributed by atoms with Crippen molar-refractivity contribution in [3.05, 3.63) is 28.3 Å². The number of rotatable bonds is 4. The van der Waals surface area contributed by atoms with E-state index >= 15 is 0 Å². The van der Waals surface area contributed by atoms with E-state index in [2.05, 4.69) is 15.6 Å². The molecular weight excluding hydrogens is 264 g/mol. The van der Waals surface area contributed by atoms with Gasteiger partial charge in [0.05, 0.1) is 17.6 Å². The van der Waals surface area contributed by atoms with E-state index in [0.717, 1.165) is 13.1 Å². The monoisotopic (exact) mass is 278 g/mol. The molecule has 20 heavy (non-hydrogen) atoms. The molecule has 106 valence electrons. The van der Waals surface area contributed by atoms with Crippen LogP contribution >= 0.6 is 0 Å². The van der Waals surface area contributed by atoms with Gasteiger partial charge in [0.15, 0.2) is 11.1 Å². The van der Waals surface area contributed by atoms with Crippen LogP contribution in [0.2, 0.25) is 0 Å². The van der Waals surface area contributed by atoms with Gasteiger partial charge in [-0.1, -0.05) is 6.07 Å². The molecule has 1 aliphatic rings. The Hall–Kier alpha value is -2.19. The Morgan fingerprint density at radius 1 is 1.55 bits per heavy atom. The highest BCUT2D eigenvalue weighted by Crippen LogP contribution is 2.27. The van der Waals surface area contributed by atoms with Crippen molar-refractivity contribution in [3.63, 3.8) is 0 Å². The summed E-state index contributed by atoms with van der Waals surface area (Å²) in [5.41, 5.74) is 0.585. The number of benzene rings is 1. The zero-order valence-corrected chi connectivity index (χ0v) is 10.7. The molecule has 0 amide bonds. The molecule has 1 unspecified atom stereocenters. The summed E-state index contributed by atoms with van der Waals surface area (Å²) in [6.45, 7) is 2.82. The molecule has 2 N–H and O–H groups in total. The van der Waals surface area contributed by atoms with Crippen molar-refractivity contribution in [3.8, 4) is 0 Å². The topological polar surface area (TPSA) is 102 Å². The predicted octanol–water partition coefficient (Wildman–Crippen LogP) is 1.14. The van der Waals surface area contributed by atoms with Crippen LogP contribution in [0.15, 0.2) is 22.6 Å². The summed E-state index contributed by atoms with van der Waals surface area (Å²) in [4.78, 5) is 14.6. The standard InChI is InChI=1S/C12H14N4O4/c17-16(18)9-2-1-3-10-11(9)15-12(20-10)14-7-8-6-13-4-5-19-8/h1-3,8,13H,4-7H2,(H,14,15). The largest absolute Gasteiger partial charge is 0.423 e. The van der Waals surface area contributed by atoms with Crippen LogP contribution in [0.1, 0.15) is 0 Å². The number of nitrogens with zero attached hydrogens (tertiary/aromatic N) is 2. The summed E-state index contributed by atoms with van der Waals surface area (Å²) in [6, 6.07) is 4.90. The number of hydrogen-bond donors (Lipinski definition) is 2. The molecule has 1 fully saturated rings. The summed E-state index contributed by atoms with van der Waals surface area (Å²) in [5.74, 6) is 0. The van der Waals surface area contributed by atoms with Crippen molar-refractivity contribution < 1.29 is 14.1 Å². The highest BCUT2D eigenvalue weighted by atomic mass is 16.6. The fourth-order valence-electron chi connectivity index (χ4n) is 2.11. The molecule has 1 saturated heterocycles. The van der Waals surface area contributed by atoms with E-state index in [0.29, 0.717) is 18.7 Å². The number of nitro groups is 1. The van der Waals surface area contributed by atoms with Crippen molar-refractivity contribution in [2.45, 2.75) is 6.10 Å². The number of morpholine rings is 1. The Bertz CT molecular complexity index is 621. The Kier molecular flexibility index (Phi) is 3.48. The third-order valence-electron chi connectivity index (χ3n) is 3.08. The number of nitro benzene ring substituents is 1. The molecule has 0 bridgehead atoms. The number of para-hydroxylation sites is 1. The average molecular weight is 278 g/mol. The van der Waals surface area contributed by atoms with Gasteiger partial charge in [-0.15, -0.1) is 0 Å². The smallest absolute Gasteiger partial charge is 0.298 e. The van der Waals surface area contributed by atoms with Crippen molar-refractivity contribution in [2.75, 3.05) is 31.6 Å². The quantitative estimate of drug-likeness (QED) is 0.638. The lowest BCUT2D eigenvalue weighted by atomic mass is 10.3. The number of ether oxygens (including phenoxy) is 1. The Morgan fingerprint density at radius 3 is 3.20 bits per heavy atom. The van der Waals surface area contributed by atoms with Gasteiger partial charge in [-0.3, -0.25) is 10.1 Å². The van der Waals surface area contributed by atoms with Gasteiger partial charge >= 0.3 is 0 Å². The molecular formula is C12H14N4O4. The number of hydrogen-bond acceptors (Lipinski definition) is 7. The highest BCUT2D eigenvalue weighted by Gasteiger charge is 2.18. The summed E-state index contributed by atoms with van der Waals surface area (Å²) in [7, 11) is 0. The molecule has 0 spiro atoms. The fraction of sp³-hybridized carbons (Fsp3) is 0.417. The van der Waals surface area contributed by atoms with Crippen LogP contribution in [-0.2, 0) is 4.74 Å². The van der Waals surface area contributed by atoms with Crippen molar-refractivity contribution in [1.29, 1.82) is 0 Å². The van der Waals surface area contributed by atoms with Crippen LogP contribution < -0.4 is 10.6 Å². The number of nitrogens with one attached hydrogen (secondary N) is 2. The van der Waals surface area contributed by atoms with Gasteiger partial charge in [0, 0.05) is 25.7 Å². The van der Waals surface area contributed by atoms with Gasteiger partial charge in [0.1, 0.15) is 0 Å². The van der Waals surface area contributed by atoms with Crippen LogP contribution in [0.25, 0.3) is 11.1 Å². The highest BCUT2D eigenvalue weighted by molar-refractivity contribution is 5.83. The second-order valence-corrected chi connectivity index (χ2v) is 4.48. The Morgan fingerprint density at radius 2 is 2.45 bits per heavy atom. The van der Waals surface area contributed by atoms with E-state index < -0.39 is 4.92 Å². The van der Waals surface area contributed by atoms with Gasteiger partial charge < -0.3 is 19.8 Å². The van der Waals surface area contributed by atoms with E-state index in [-0.39, 0.29) is 23.3 Å². The molecule has 1 aromatic carbocycles. The minimum atomic E-state index is -0.469. The van der Waals surface area contributed by atoms with Gasteiger partial charge in [0.25, 0.3) is 11.7 Å². The minimum Gasteiger partial charge on any atom is -0.423 e. The van der Waals surface area contributed by atoms with Crippen molar-refractivity contribution in [1.82, 2.24) is 10.3 Å². The second kappa shape index (κ2) is 5.43. The van der Waals surface area contributed by atoms with Crippen LogP contribution in [-0.4, -0.2) is 42.3 Å². The van der Waals surface area contributed by atoms with E-state index in [4.69, 9.17) is 9.15 Å². The number of fused-ring (bicyclic) bond motifs is 1. The van der Waals surface area contributed by atoms with Crippen LogP contribution in [0.5, 0.6) is 0 Å². The van der Waals surface area contributed by atoms with E-state index in [1.165, 1.54) is 6.07 Å². The number of non-ortho nitro benzene ring substituents is 1. The van der Waals surface area contributed by atoms with E-state index in [1.54, 1.807) is 12.1 Å². The van der Waals surface area contributed by atoms with E-state index in [1.807, 2.05) is 0 Å². The summed E-state index contributed by atoms with van der Waals surface area (Å²) >= 11 is 0. The lowest BCUT2D eigenvalue weighted by molar-refractivity contribution is -0.383. The molecule has 1 atom stereocenters. The van der Waals surface area contributed by atoms with Crippen LogP contribution in [0, 0.1) is 10.1 Å². The van der Waals surface area contributed by atoms with Crippen LogP contribution in [0.3, 0.4) is 0 Å². The fourth-order valence-corrected chi connectivity index (χ4v) is 2.11. The third kappa shape index (κ3) is 2.56. The first-order valence-corrected chi connectivity index (χ1v) is 6.34. The Labute approximate surface area is 114 Å². The molecule has 8 nitrogen and oxygen atoms in total. The normalized spacial score (nSPS) is 19.1. The summed E-state index contributed by atoms with van der Waals surface area (Å²) in [6.07, 6.45) is 0.0359. The summed E-state index contributed by atoms with van der Waals surface area (Å²) in [5, 5.41) is 17.1. The first kappa shape index (κ1) is 12.8. The van der Waals surface area contributed by atoms with Gasteiger partial charge in [-0.25, -0.2) is 0 Å². The van der Waals surface area contributed by atoms with E-state index in [9.17, 15) is 10.1 Å². The molecule has 0 radical (unpaired) electrons. The lowest BCUT2D eigenvalue weighted by Gasteiger charge is -2.23. The average Bonchev–Trinajstić information content (AvgIpc) is 2.88. The van der Waals surface area contributed by atoms with Gasteiger partial charge in [-0.2, -0.15) is 4.98 Å². The maximum absolute atomic E-state index is 10.9. The van der Waals surface area contributed by atoms with Crippen LogP contribution in [0.4, 0.5) is 11.7 Å². The van der Waals surface area contributed by atoms with Crippen molar-refractivity contribution >= 4 is 22.8 Å². The molecule has 2 heterocycles. The molecule has 1 aromatic heterocycles. The zero-order chi connectivity index (χ0) is 13.9. The van der Waals surface area contributed by atoms with Gasteiger partial charge in [-0.05, 0) is 6.07 Å². The first-order chi connectivity index (χ1) is 9.74. The molecule has 3 rings (SSSR count). The van der Waals surface area contributed by atoms with Gasteiger partial charge in [0.2, 0.25) is 0 Å². The third-order valence-corrected chi connectivity index (χ3v) is 3.08. The summed E-state index contributed by atoms with van der Waals surface area (Å²) < 4.78 is 11.0.